The van der Waals surface area contributed by atoms with Gasteiger partial charge in [0.1, 0.15) is 11.9 Å². The van der Waals surface area contributed by atoms with Gasteiger partial charge in [0.05, 0.1) is 7.11 Å². The number of halogens is 2. The Kier molecular flexibility index (Phi) is 4.12. The Labute approximate surface area is 116 Å². The molecule has 2 nitrogen and oxygen atoms in total. The van der Waals surface area contributed by atoms with Crippen molar-refractivity contribution in [3.8, 4) is 5.75 Å². The number of methoxy groups -OCH3 is 1. The van der Waals surface area contributed by atoms with E-state index in [2.05, 4.69) is 0 Å². The summed E-state index contributed by atoms with van der Waals surface area (Å²) in [6, 6.07) is 12.3. The highest BCUT2D eigenvalue weighted by Crippen LogP contribution is 2.34. The van der Waals surface area contributed by atoms with Crippen LogP contribution in [0.15, 0.2) is 42.5 Å². The molecule has 0 amide bonds. The largest absolute Gasteiger partial charge is 0.497 e. The van der Waals surface area contributed by atoms with Crippen molar-refractivity contribution in [3.05, 3.63) is 63.6 Å². The fourth-order valence-corrected chi connectivity index (χ4v) is 2.35. The Balaban J connectivity index is 2.44. The molecule has 18 heavy (non-hydrogen) atoms. The molecule has 1 N–H and O–H groups in total. The summed E-state index contributed by atoms with van der Waals surface area (Å²) >= 11 is 12.1. The third-order valence-electron chi connectivity index (χ3n) is 2.68. The van der Waals surface area contributed by atoms with Gasteiger partial charge in [-0.2, -0.15) is 0 Å². The van der Waals surface area contributed by atoms with E-state index < -0.39 is 6.10 Å². The summed E-state index contributed by atoms with van der Waals surface area (Å²) in [5.74, 6) is 0.676. The highest BCUT2D eigenvalue weighted by Gasteiger charge is 2.17. The average Bonchev–Trinajstić information content (AvgIpc) is 2.38. The maximum atomic E-state index is 10.3. The molecule has 1 unspecified atom stereocenters. The zero-order chi connectivity index (χ0) is 13.1. The van der Waals surface area contributed by atoms with Crippen molar-refractivity contribution >= 4 is 23.2 Å². The summed E-state index contributed by atoms with van der Waals surface area (Å²) in [6.07, 6.45) is -0.874. The summed E-state index contributed by atoms with van der Waals surface area (Å²) in [7, 11) is 1.58. The summed E-state index contributed by atoms with van der Waals surface area (Å²) in [4.78, 5) is 0. The Morgan fingerprint density at radius 3 is 2.28 bits per heavy atom. The molecule has 0 fully saturated rings. The van der Waals surface area contributed by atoms with Gasteiger partial charge < -0.3 is 9.84 Å². The Morgan fingerprint density at radius 1 is 1.06 bits per heavy atom. The molecule has 94 valence electrons. The first-order valence-corrected chi connectivity index (χ1v) is 6.15. The molecule has 0 bridgehead atoms. The lowest BCUT2D eigenvalue weighted by atomic mass is 10.0. The quantitative estimate of drug-likeness (QED) is 0.919. The smallest absolute Gasteiger partial charge is 0.119 e. The van der Waals surface area contributed by atoms with Gasteiger partial charge in [-0.1, -0.05) is 41.4 Å². The van der Waals surface area contributed by atoms with E-state index in [1.165, 1.54) is 0 Å². The van der Waals surface area contributed by atoms with Crippen LogP contribution in [0, 0.1) is 0 Å². The maximum absolute atomic E-state index is 10.3. The number of hydrogen-bond donors (Lipinski definition) is 1. The minimum Gasteiger partial charge on any atom is -0.497 e. The third-order valence-corrected chi connectivity index (χ3v) is 3.34. The SMILES string of the molecule is COc1cccc(C(O)c2c(Cl)cccc2Cl)c1. The second-order valence-electron chi connectivity index (χ2n) is 3.81. The zero-order valence-corrected chi connectivity index (χ0v) is 11.2. The van der Waals surface area contributed by atoms with E-state index in [0.717, 1.165) is 0 Å². The van der Waals surface area contributed by atoms with Gasteiger partial charge in [0.15, 0.2) is 0 Å². The molecule has 0 spiro atoms. The predicted molar refractivity (Wildman–Crippen MR) is 73.5 cm³/mol. The van der Waals surface area contributed by atoms with E-state index >= 15 is 0 Å². The number of aliphatic hydroxyl groups excluding tert-OH is 1. The predicted octanol–water partition coefficient (Wildman–Crippen LogP) is 4.08. The van der Waals surface area contributed by atoms with Crippen molar-refractivity contribution in [2.75, 3.05) is 7.11 Å². The molecule has 2 rings (SSSR count). The van der Waals surface area contributed by atoms with Gasteiger partial charge in [-0.25, -0.2) is 0 Å². The van der Waals surface area contributed by atoms with Crippen LogP contribution in [0.2, 0.25) is 10.0 Å². The van der Waals surface area contributed by atoms with Crippen LogP contribution in [0.5, 0.6) is 5.75 Å². The lowest BCUT2D eigenvalue weighted by molar-refractivity contribution is 0.220. The molecule has 0 saturated carbocycles. The molecule has 4 heteroatoms. The number of rotatable bonds is 3. The van der Waals surface area contributed by atoms with E-state index in [1.807, 2.05) is 12.1 Å². The molecule has 0 heterocycles. The van der Waals surface area contributed by atoms with Crippen molar-refractivity contribution in [3.63, 3.8) is 0 Å². The number of ether oxygens (including phenoxy) is 1. The van der Waals surface area contributed by atoms with Gasteiger partial charge in [0, 0.05) is 15.6 Å². The van der Waals surface area contributed by atoms with Crippen LogP contribution in [0.25, 0.3) is 0 Å². The van der Waals surface area contributed by atoms with Crippen LogP contribution in [-0.2, 0) is 0 Å². The number of benzene rings is 2. The monoisotopic (exact) mass is 282 g/mol. The standard InChI is InChI=1S/C14H12Cl2O2/c1-18-10-5-2-4-9(8-10)14(17)13-11(15)6-3-7-12(13)16/h2-8,14,17H,1H3. The van der Waals surface area contributed by atoms with Crippen LogP contribution in [0.3, 0.4) is 0 Å². The lowest BCUT2D eigenvalue weighted by Crippen LogP contribution is -2.01. The molecule has 2 aromatic rings. The second kappa shape index (κ2) is 5.61. The van der Waals surface area contributed by atoms with Crippen LogP contribution in [-0.4, -0.2) is 12.2 Å². The van der Waals surface area contributed by atoms with Gasteiger partial charge in [-0.3, -0.25) is 0 Å². The van der Waals surface area contributed by atoms with Gasteiger partial charge in [-0.15, -0.1) is 0 Å². The minimum atomic E-state index is -0.874. The maximum Gasteiger partial charge on any atom is 0.119 e. The Bertz CT molecular complexity index is 535. The normalized spacial score (nSPS) is 12.2. The minimum absolute atomic E-state index is 0.442. The van der Waals surface area contributed by atoms with Crippen LogP contribution in [0.4, 0.5) is 0 Å². The molecule has 0 aliphatic heterocycles. The topological polar surface area (TPSA) is 29.5 Å². The molecular formula is C14H12Cl2O2. The van der Waals surface area contributed by atoms with Crippen LogP contribution >= 0.6 is 23.2 Å². The van der Waals surface area contributed by atoms with E-state index in [-0.39, 0.29) is 0 Å². The van der Waals surface area contributed by atoms with E-state index in [1.54, 1.807) is 37.4 Å². The molecular weight excluding hydrogens is 271 g/mol. The molecule has 0 radical (unpaired) electrons. The molecule has 2 aromatic carbocycles. The number of aliphatic hydroxyl groups is 1. The fraction of sp³-hybridized carbons (Fsp3) is 0.143. The summed E-state index contributed by atoms with van der Waals surface area (Å²) < 4.78 is 5.12. The molecule has 0 saturated heterocycles. The van der Waals surface area contributed by atoms with Crippen molar-refractivity contribution < 1.29 is 9.84 Å². The Hall–Kier alpha value is -1.22. The first kappa shape index (κ1) is 13.2. The Morgan fingerprint density at radius 2 is 1.67 bits per heavy atom. The fourth-order valence-electron chi connectivity index (χ4n) is 1.75. The van der Waals surface area contributed by atoms with Gasteiger partial charge in [0.25, 0.3) is 0 Å². The lowest BCUT2D eigenvalue weighted by Gasteiger charge is -2.15. The molecule has 0 aromatic heterocycles. The van der Waals surface area contributed by atoms with Crippen molar-refractivity contribution in [1.29, 1.82) is 0 Å². The average molecular weight is 283 g/mol. The van der Waals surface area contributed by atoms with Crippen LogP contribution < -0.4 is 4.74 Å². The third kappa shape index (κ3) is 2.61. The van der Waals surface area contributed by atoms with Crippen LogP contribution in [0.1, 0.15) is 17.2 Å². The first-order chi connectivity index (χ1) is 8.63. The first-order valence-electron chi connectivity index (χ1n) is 5.39. The molecule has 0 aliphatic carbocycles. The van der Waals surface area contributed by atoms with Gasteiger partial charge in [-0.05, 0) is 29.8 Å². The number of hydrogen-bond acceptors (Lipinski definition) is 2. The summed E-state index contributed by atoms with van der Waals surface area (Å²) in [5, 5.41) is 11.2. The van der Waals surface area contributed by atoms with Crippen molar-refractivity contribution in [1.82, 2.24) is 0 Å². The second-order valence-corrected chi connectivity index (χ2v) is 4.63. The van der Waals surface area contributed by atoms with Gasteiger partial charge >= 0.3 is 0 Å². The van der Waals surface area contributed by atoms with E-state index in [0.29, 0.717) is 26.9 Å². The van der Waals surface area contributed by atoms with Crippen molar-refractivity contribution in [2.24, 2.45) is 0 Å². The summed E-state index contributed by atoms with van der Waals surface area (Å²) in [5.41, 5.74) is 1.19. The van der Waals surface area contributed by atoms with E-state index in [9.17, 15) is 5.11 Å². The van der Waals surface area contributed by atoms with Crippen molar-refractivity contribution in [2.45, 2.75) is 6.10 Å². The highest BCUT2D eigenvalue weighted by atomic mass is 35.5. The van der Waals surface area contributed by atoms with Gasteiger partial charge in [0.2, 0.25) is 0 Å². The summed E-state index contributed by atoms with van der Waals surface area (Å²) in [6.45, 7) is 0. The highest BCUT2D eigenvalue weighted by molar-refractivity contribution is 6.36. The van der Waals surface area contributed by atoms with E-state index in [4.69, 9.17) is 27.9 Å². The zero-order valence-electron chi connectivity index (χ0n) is 9.73. The molecule has 0 aliphatic rings. The molecule has 1 atom stereocenters.